The first kappa shape index (κ1) is 27.0. The van der Waals surface area contributed by atoms with Crippen molar-refractivity contribution >= 4 is 46.3 Å². The number of hydrogen-bond donors (Lipinski definition) is 1. The van der Waals surface area contributed by atoms with Crippen molar-refractivity contribution in [3.8, 4) is 0 Å². The molecule has 0 bridgehead atoms. The molecule has 17 heavy (non-hydrogen) atoms. The Morgan fingerprint density at radius 3 is 1.59 bits per heavy atom. The van der Waals surface area contributed by atoms with Crippen LogP contribution in [0.1, 0.15) is 25.7 Å². The number of aliphatic hydroxyl groups is 1. The van der Waals surface area contributed by atoms with E-state index in [1.54, 1.807) is 0 Å². The summed E-state index contributed by atoms with van der Waals surface area (Å²) in [4.78, 5) is 0. The number of aliphatic hydroxyl groups excluding tert-OH is 1. The van der Waals surface area contributed by atoms with Gasteiger partial charge in [-0.2, -0.15) is 0 Å². The Morgan fingerprint density at radius 1 is 1.06 bits per heavy atom. The fraction of sp³-hybridized carbons (Fsp3) is 1.00. The first-order valence-electron chi connectivity index (χ1n) is 5.22. The average Bonchev–Trinajstić information content (AvgIpc) is 2.79. The molecular weight excluding hydrogens is 299 g/mol. The molecule has 1 heterocycles. The monoisotopic (exact) mass is 318 g/mol. The standard InChI is InChI=1S/C4H8O.C3H7ClO.C3H6ClO.ClH.Mg/c1-2-4-5-3-1;2*4-2-1-3-5;;/h1-4H2;5H,1-3H2;1-3H2;1H;/q;;-1;;+2/p-1. The summed E-state index contributed by atoms with van der Waals surface area (Å²) in [6.07, 6.45) is 3.86. The summed E-state index contributed by atoms with van der Waals surface area (Å²) in [6.45, 7) is 2.17. The smallest absolute Gasteiger partial charge is 1.00 e. The third kappa shape index (κ3) is 38.1. The van der Waals surface area contributed by atoms with E-state index in [2.05, 4.69) is 0 Å². The van der Waals surface area contributed by atoms with E-state index in [1.165, 1.54) is 12.8 Å². The van der Waals surface area contributed by atoms with Gasteiger partial charge in [-0.15, -0.1) is 29.8 Å². The van der Waals surface area contributed by atoms with Crippen molar-refractivity contribution < 1.29 is 27.4 Å². The molecule has 102 valence electrons. The van der Waals surface area contributed by atoms with E-state index in [1.807, 2.05) is 0 Å². The summed E-state index contributed by atoms with van der Waals surface area (Å²) in [5.74, 6) is 1.07. The Labute approximate surface area is 137 Å². The summed E-state index contributed by atoms with van der Waals surface area (Å²) >= 11 is 10.2. The number of hydrogen-bond acceptors (Lipinski definition) is 3. The van der Waals surface area contributed by atoms with Crippen LogP contribution in [-0.4, -0.2) is 66.3 Å². The molecule has 0 aliphatic carbocycles. The van der Waals surface area contributed by atoms with Crippen LogP contribution in [0.15, 0.2) is 0 Å². The maximum absolute atomic E-state index is 9.45. The molecule has 1 rings (SSSR count). The van der Waals surface area contributed by atoms with Crippen LogP contribution in [0, 0.1) is 0 Å². The van der Waals surface area contributed by atoms with Crippen molar-refractivity contribution in [2.45, 2.75) is 25.7 Å². The molecule has 0 atom stereocenters. The minimum Gasteiger partial charge on any atom is -1.00 e. The van der Waals surface area contributed by atoms with Gasteiger partial charge in [0.05, 0.1) is 0 Å². The van der Waals surface area contributed by atoms with Gasteiger partial charge < -0.3 is 27.4 Å². The van der Waals surface area contributed by atoms with Crippen molar-refractivity contribution in [2.24, 2.45) is 0 Å². The van der Waals surface area contributed by atoms with Crippen molar-refractivity contribution in [2.75, 3.05) is 38.2 Å². The number of halogens is 3. The van der Waals surface area contributed by atoms with Gasteiger partial charge in [-0.1, -0.05) is 6.42 Å². The SMILES string of the molecule is C1CCOC1.OCCCCl.[Cl-].[Mg+2].[O-]CCCCl. The summed E-state index contributed by atoms with van der Waals surface area (Å²) in [6, 6.07) is 0. The molecule has 0 radical (unpaired) electrons. The third-order valence-corrected chi connectivity index (χ3v) is 1.93. The van der Waals surface area contributed by atoms with Crippen molar-refractivity contribution in [3.05, 3.63) is 0 Å². The number of rotatable bonds is 4. The van der Waals surface area contributed by atoms with E-state index in [0.717, 1.165) is 13.2 Å². The fourth-order valence-electron chi connectivity index (χ4n) is 0.625. The van der Waals surface area contributed by atoms with Crippen LogP contribution in [0.25, 0.3) is 0 Å². The Hall–Kier alpha value is 1.52. The van der Waals surface area contributed by atoms with Crippen molar-refractivity contribution in [1.29, 1.82) is 0 Å². The quantitative estimate of drug-likeness (QED) is 0.482. The van der Waals surface area contributed by atoms with Crippen LogP contribution in [0.2, 0.25) is 0 Å². The zero-order valence-corrected chi connectivity index (χ0v) is 13.9. The number of ether oxygens (including phenoxy) is 1. The second-order valence-electron chi connectivity index (χ2n) is 2.83. The molecule has 7 heteroatoms. The third-order valence-electron chi connectivity index (χ3n) is 1.40. The van der Waals surface area contributed by atoms with Gasteiger partial charge in [0, 0.05) is 31.6 Å². The molecule has 1 saturated heterocycles. The first-order chi connectivity index (χ1) is 7.33. The van der Waals surface area contributed by atoms with Gasteiger partial charge in [0.25, 0.3) is 0 Å². The molecule has 0 aromatic rings. The van der Waals surface area contributed by atoms with E-state index >= 15 is 0 Å². The molecule has 0 saturated carbocycles. The molecule has 0 spiro atoms. The maximum Gasteiger partial charge on any atom is 2.00 e. The second kappa shape index (κ2) is 30.5. The van der Waals surface area contributed by atoms with Gasteiger partial charge in [0.1, 0.15) is 0 Å². The molecular formula is C10H21Cl3MgO3. The van der Waals surface area contributed by atoms with E-state index in [9.17, 15) is 5.11 Å². The van der Waals surface area contributed by atoms with Crippen LogP contribution in [0.4, 0.5) is 0 Å². The zero-order chi connectivity index (χ0) is 11.8. The predicted molar refractivity (Wildman–Crippen MR) is 68.4 cm³/mol. The van der Waals surface area contributed by atoms with E-state index in [0.29, 0.717) is 24.6 Å². The Bertz CT molecular complexity index is 81.3. The van der Waals surface area contributed by atoms with Crippen LogP contribution < -0.4 is 17.5 Å². The Kier molecular flexibility index (Phi) is 48.4. The van der Waals surface area contributed by atoms with Crippen LogP contribution in [0.3, 0.4) is 0 Å². The minimum absolute atomic E-state index is 0. The average molecular weight is 320 g/mol. The van der Waals surface area contributed by atoms with Crippen LogP contribution in [0.5, 0.6) is 0 Å². The van der Waals surface area contributed by atoms with Gasteiger partial charge in [-0.05, 0) is 19.3 Å². The molecule has 1 fully saturated rings. The van der Waals surface area contributed by atoms with E-state index in [4.69, 9.17) is 33.0 Å². The molecule has 3 nitrogen and oxygen atoms in total. The fourth-order valence-corrected chi connectivity index (χ4v) is 0.853. The Balaban J connectivity index is -0.0000000704. The van der Waals surface area contributed by atoms with Crippen LogP contribution in [-0.2, 0) is 4.74 Å². The van der Waals surface area contributed by atoms with Gasteiger partial charge >= 0.3 is 23.1 Å². The molecule has 0 aromatic heterocycles. The number of alkyl halides is 2. The van der Waals surface area contributed by atoms with Gasteiger partial charge in [0.2, 0.25) is 0 Å². The Morgan fingerprint density at radius 2 is 1.53 bits per heavy atom. The molecule has 0 aromatic carbocycles. The second-order valence-corrected chi connectivity index (χ2v) is 3.59. The minimum atomic E-state index is -0.0382. The first-order valence-corrected chi connectivity index (χ1v) is 6.29. The summed E-state index contributed by atoms with van der Waals surface area (Å²) in [5, 5.41) is 17.4. The molecule has 1 aliphatic rings. The molecule has 1 aliphatic heterocycles. The van der Waals surface area contributed by atoms with E-state index in [-0.39, 0.29) is 48.7 Å². The summed E-state index contributed by atoms with van der Waals surface area (Å²) < 4.78 is 4.94. The van der Waals surface area contributed by atoms with Gasteiger partial charge in [0.15, 0.2) is 0 Å². The van der Waals surface area contributed by atoms with Gasteiger partial charge in [-0.3, -0.25) is 0 Å². The summed E-state index contributed by atoms with van der Waals surface area (Å²) in [7, 11) is 0. The largest absolute Gasteiger partial charge is 2.00 e. The van der Waals surface area contributed by atoms with E-state index < -0.39 is 0 Å². The maximum atomic E-state index is 9.45. The molecule has 1 N–H and O–H groups in total. The normalized spacial score (nSPS) is 12.0. The van der Waals surface area contributed by atoms with Crippen LogP contribution >= 0.6 is 23.2 Å². The van der Waals surface area contributed by atoms with Crippen molar-refractivity contribution in [1.82, 2.24) is 0 Å². The predicted octanol–water partition coefficient (Wildman–Crippen LogP) is -2.00. The molecule has 0 unspecified atom stereocenters. The summed E-state index contributed by atoms with van der Waals surface area (Å²) in [5.41, 5.74) is 0. The van der Waals surface area contributed by atoms with Crippen molar-refractivity contribution in [3.63, 3.8) is 0 Å². The topological polar surface area (TPSA) is 52.5 Å². The molecule has 0 amide bonds. The zero-order valence-electron chi connectivity index (χ0n) is 10.2. The van der Waals surface area contributed by atoms with Gasteiger partial charge in [-0.25, -0.2) is 0 Å².